The monoisotopic (exact) mass is 196 g/mol. The maximum atomic E-state index is 11.1. The molecule has 0 spiro atoms. The number of hydrogen-bond donors (Lipinski definition) is 1. The molecule has 0 atom stereocenters. The van der Waals surface area contributed by atoms with Crippen LogP contribution < -0.4 is 5.43 Å². The number of esters is 1. The van der Waals surface area contributed by atoms with Gasteiger partial charge in [0.15, 0.2) is 11.5 Å². The molecule has 14 heavy (non-hydrogen) atoms. The first-order valence-corrected chi connectivity index (χ1v) is 3.98. The van der Waals surface area contributed by atoms with E-state index in [1.807, 2.05) is 14.1 Å². The highest BCUT2D eigenvalue weighted by molar-refractivity contribution is 5.87. The van der Waals surface area contributed by atoms with E-state index in [2.05, 4.69) is 20.1 Å². The number of rotatable bonds is 3. The topological polar surface area (TPSA) is 67.3 Å². The molecular weight excluding hydrogens is 184 g/mol. The van der Waals surface area contributed by atoms with Crippen LogP contribution in [0.15, 0.2) is 12.4 Å². The van der Waals surface area contributed by atoms with Gasteiger partial charge in [-0.15, -0.1) is 0 Å². The van der Waals surface area contributed by atoms with Crippen molar-refractivity contribution < 1.29 is 9.53 Å². The Morgan fingerprint density at radius 1 is 1.50 bits per heavy atom. The lowest BCUT2D eigenvalue weighted by atomic mass is 10.4. The van der Waals surface area contributed by atoms with Gasteiger partial charge in [-0.3, -0.25) is 4.98 Å². The average Bonchev–Trinajstić information content (AvgIpc) is 2.16. The molecule has 1 rings (SSSR count). The van der Waals surface area contributed by atoms with Gasteiger partial charge in [-0.1, -0.05) is 0 Å². The predicted molar refractivity (Wildman–Crippen MR) is 50.7 cm³/mol. The fourth-order valence-corrected chi connectivity index (χ4v) is 0.852. The second-order valence-corrected chi connectivity index (χ2v) is 2.79. The lowest BCUT2D eigenvalue weighted by molar-refractivity contribution is 0.0593. The molecule has 1 aromatic rings. The molecule has 0 aliphatic carbocycles. The molecule has 0 radical (unpaired) electrons. The van der Waals surface area contributed by atoms with Gasteiger partial charge in [0.05, 0.1) is 19.5 Å². The summed E-state index contributed by atoms with van der Waals surface area (Å²) in [6.45, 7) is 0. The van der Waals surface area contributed by atoms with Gasteiger partial charge in [-0.2, -0.15) is 0 Å². The van der Waals surface area contributed by atoms with Crippen molar-refractivity contribution in [1.82, 2.24) is 15.0 Å². The van der Waals surface area contributed by atoms with E-state index in [4.69, 9.17) is 0 Å². The second-order valence-electron chi connectivity index (χ2n) is 2.79. The first-order chi connectivity index (χ1) is 6.63. The number of methoxy groups -OCH3 is 1. The summed E-state index contributed by atoms with van der Waals surface area (Å²) >= 11 is 0. The first-order valence-electron chi connectivity index (χ1n) is 3.98. The van der Waals surface area contributed by atoms with Crippen molar-refractivity contribution in [2.24, 2.45) is 0 Å². The number of anilines is 1. The fourth-order valence-electron chi connectivity index (χ4n) is 0.852. The highest BCUT2D eigenvalue weighted by Crippen LogP contribution is 2.03. The van der Waals surface area contributed by atoms with E-state index >= 15 is 0 Å². The Labute approximate surface area is 81.9 Å². The molecule has 0 aliphatic rings. The van der Waals surface area contributed by atoms with Crippen molar-refractivity contribution >= 4 is 11.8 Å². The second kappa shape index (κ2) is 4.52. The van der Waals surface area contributed by atoms with Crippen LogP contribution in [0, 0.1) is 0 Å². The van der Waals surface area contributed by atoms with Crippen LogP contribution >= 0.6 is 0 Å². The zero-order chi connectivity index (χ0) is 10.6. The maximum Gasteiger partial charge on any atom is 0.358 e. The van der Waals surface area contributed by atoms with E-state index in [-0.39, 0.29) is 5.69 Å². The van der Waals surface area contributed by atoms with E-state index < -0.39 is 5.97 Å². The predicted octanol–water partition coefficient (Wildman–Crippen LogP) is 0.152. The smallest absolute Gasteiger partial charge is 0.358 e. The number of nitrogens with zero attached hydrogens (tertiary/aromatic N) is 3. The van der Waals surface area contributed by atoms with E-state index in [9.17, 15) is 4.79 Å². The van der Waals surface area contributed by atoms with Crippen LogP contribution in [-0.4, -0.2) is 42.2 Å². The summed E-state index contributed by atoms with van der Waals surface area (Å²) in [5, 5.41) is 1.70. The Morgan fingerprint density at radius 3 is 2.79 bits per heavy atom. The zero-order valence-electron chi connectivity index (χ0n) is 8.31. The van der Waals surface area contributed by atoms with Gasteiger partial charge < -0.3 is 10.2 Å². The number of carbonyl (C=O) groups is 1. The van der Waals surface area contributed by atoms with Crippen LogP contribution in [0.4, 0.5) is 5.82 Å². The van der Waals surface area contributed by atoms with E-state index in [0.717, 1.165) is 0 Å². The van der Waals surface area contributed by atoms with Gasteiger partial charge in [0.1, 0.15) is 0 Å². The van der Waals surface area contributed by atoms with Crippen molar-refractivity contribution in [3.8, 4) is 0 Å². The Balaban J connectivity index is 2.84. The van der Waals surface area contributed by atoms with Gasteiger partial charge in [0.25, 0.3) is 0 Å². The average molecular weight is 196 g/mol. The summed E-state index contributed by atoms with van der Waals surface area (Å²) in [6, 6.07) is 0. The largest absolute Gasteiger partial charge is 0.464 e. The van der Waals surface area contributed by atoms with Crippen LogP contribution in [0.2, 0.25) is 0 Å². The zero-order valence-corrected chi connectivity index (χ0v) is 8.31. The van der Waals surface area contributed by atoms with Gasteiger partial charge in [0.2, 0.25) is 0 Å². The van der Waals surface area contributed by atoms with Crippen molar-refractivity contribution in [3.05, 3.63) is 18.1 Å². The van der Waals surface area contributed by atoms with Crippen LogP contribution in [-0.2, 0) is 4.74 Å². The molecule has 0 bridgehead atoms. The molecule has 0 unspecified atom stereocenters. The minimum Gasteiger partial charge on any atom is -0.464 e. The SMILES string of the molecule is COC(=O)c1cncc(NN(C)C)n1. The third-order valence-electron chi connectivity index (χ3n) is 1.37. The molecule has 6 nitrogen and oxygen atoms in total. The first kappa shape index (κ1) is 10.4. The lowest BCUT2D eigenvalue weighted by Crippen LogP contribution is -2.21. The molecule has 0 saturated carbocycles. The Hall–Kier alpha value is -1.69. The van der Waals surface area contributed by atoms with Crippen LogP contribution in [0.1, 0.15) is 10.5 Å². The summed E-state index contributed by atoms with van der Waals surface area (Å²) in [6.07, 6.45) is 2.87. The molecule has 0 saturated heterocycles. The van der Waals surface area contributed by atoms with Crippen LogP contribution in [0.25, 0.3) is 0 Å². The lowest BCUT2D eigenvalue weighted by Gasteiger charge is -2.11. The standard InChI is InChI=1S/C8H12N4O2/c1-12(2)11-7-5-9-4-6(10-7)8(13)14-3/h4-5H,1-3H3,(H,10,11). The number of hydrogen-bond acceptors (Lipinski definition) is 6. The molecule has 0 aromatic carbocycles. The molecule has 1 heterocycles. The number of ether oxygens (including phenoxy) is 1. The molecule has 1 aromatic heterocycles. The number of aromatic nitrogens is 2. The highest BCUT2D eigenvalue weighted by Gasteiger charge is 2.08. The number of nitrogens with one attached hydrogen (secondary N) is 1. The van der Waals surface area contributed by atoms with E-state index in [0.29, 0.717) is 5.82 Å². The molecule has 6 heteroatoms. The molecule has 0 amide bonds. The van der Waals surface area contributed by atoms with Gasteiger partial charge in [-0.25, -0.2) is 14.8 Å². The van der Waals surface area contributed by atoms with Crippen molar-refractivity contribution in [3.63, 3.8) is 0 Å². The summed E-state index contributed by atoms with van der Waals surface area (Å²) < 4.78 is 4.51. The number of carbonyl (C=O) groups excluding carboxylic acids is 1. The van der Waals surface area contributed by atoms with Crippen molar-refractivity contribution in [2.75, 3.05) is 26.6 Å². The normalized spacial score (nSPS) is 10.0. The molecule has 1 N–H and O–H groups in total. The molecular formula is C8H12N4O2. The third kappa shape index (κ3) is 2.67. The minimum atomic E-state index is -0.500. The van der Waals surface area contributed by atoms with Crippen molar-refractivity contribution in [1.29, 1.82) is 0 Å². The molecule has 76 valence electrons. The number of hydrazine groups is 1. The quantitative estimate of drug-likeness (QED) is 0.548. The summed E-state index contributed by atoms with van der Waals surface area (Å²) in [7, 11) is 4.93. The van der Waals surface area contributed by atoms with Gasteiger partial charge in [-0.05, 0) is 0 Å². The van der Waals surface area contributed by atoms with Crippen molar-refractivity contribution in [2.45, 2.75) is 0 Å². The highest BCUT2D eigenvalue weighted by atomic mass is 16.5. The minimum absolute atomic E-state index is 0.180. The third-order valence-corrected chi connectivity index (χ3v) is 1.37. The van der Waals surface area contributed by atoms with E-state index in [1.165, 1.54) is 19.5 Å². The summed E-state index contributed by atoms with van der Waals surface area (Å²) in [5.41, 5.74) is 3.06. The maximum absolute atomic E-state index is 11.1. The fraction of sp³-hybridized carbons (Fsp3) is 0.375. The van der Waals surface area contributed by atoms with Crippen LogP contribution in [0.5, 0.6) is 0 Å². The Morgan fingerprint density at radius 2 is 2.21 bits per heavy atom. The molecule has 0 fully saturated rings. The van der Waals surface area contributed by atoms with E-state index in [1.54, 1.807) is 5.01 Å². The van der Waals surface area contributed by atoms with Crippen LogP contribution in [0.3, 0.4) is 0 Å². The summed E-state index contributed by atoms with van der Waals surface area (Å²) in [4.78, 5) is 18.9. The van der Waals surface area contributed by atoms with Gasteiger partial charge in [0, 0.05) is 14.1 Å². The Kier molecular flexibility index (Phi) is 3.35. The Bertz CT molecular complexity index is 327. The molecule has 0 aliphatic heterocycles. The summed E-state index contributed by atoms with van der Waals surface area (Å²) in [5.74, 6) is -0.00203. The van der Waals surface area contributed by atoms with Gasteiger partial charge >= 0.3 is 5.97 Å².